The second-order valence-corrected chi connectivity index (χ2v) is 8.35. The summed E-state index contributed by atoms with van der Waals surface area (Å²) < 4.78 is 82.5. The zero-order chi connectivity index (χ0) is 26.9. The summed E-state index contributed by atoms with van der Waals surface area (Å²) in [5.41, 5.74) is -0.00369. The molecule has 2 atom stereocenters. The molecule has 0 saturated carbocycles. The first-order valence-corrected chi connectivity index (χ1v) is 11.1. The fraction of sp³-hybridized carbons (Fsp3) is 0.480. The number of esters is 1. The van der Waals surface area contributed by atoms with Crippen molar-refractivity contribution in [2.45, 2.75) is 38.5 Å². The van der Waals surface area contributed by atoms with Gasteiger partial charge in [0.15, 0.2) is 13.6 Å². The number of methoxy groups -OCH3 is 3. The van der Waals surface area contributed by atoms with E-state index in [1.54, 1.807) is 13.8 Å². The van der Waals surface area contributed by atoms with Gasteiger partial charge in [-0.1, -0.05) is 26.0 Å². The van der Waals surface area contributed by atoms with Gasteiger partial charge < -0.3 is 23.7 Å². The van der Waals surface area contributed by atoms with E-state index in [9.17, 15) is 22.4 Å². The van der Waals surface area contributed by atoms with Gasteiger partial charge in [0, 0.05) is 25.3 Å². The monoisotopic (exact) mass is 517 g/mol. The van der Waals surface area contributed by atoms with E-state index in [2.05, 4.69) is 5.32 Å². The summed E-state index contributed by atoms with van der Waals surface area (Å²) in [5.74, 6) is -1.27. The van der Waals surface area contributed by atoms with Crippen molar-refractivity contribution in [1.29, 1.82) is 0 Å². The molecule has 0 amide bonds. The Morgan fingerprint density at radius 3 is 2.19 bits per heavy atom. The van der Waals surface area contributed by atoms with Gasteiger partial charge in [0.05, 0.1) is 7.11 Å². The molecule has 0 aliphatic rings. The maximum atomic E-state index is 14.7. The van der Waals surface area contributed by atoms with Crippen molar-refractivity contribution in [3.63, 3.8) is 0 Å². The molecule has 0 aliphatic carbocycles. The molecule has 0 aliphatic heterocycles. The normalized spacial score (nSPS) is 13.4. The van der Waals surface area contributed by atoms with Crippen molar-refractivity contribution < 1.29 is 46.0 Å². The molecule has 0 bridgehead atoms. The summed E-state index contributed by atoms with van der Waals surface area (Å²) in [6.07, 6.45) is -4.63. The van der Waals surface area contributed by atoms with Gasteiger partial charge in [-0.25, -0.2) is 4.39 Å². The second kappa shape index (κ2) is 13.4. The van der Waals surface area contributed by atoms with Gasteiger partial charge in [0.25, 0.3) is 0 Å². The molecule has 0 radical (unpaired) electrons. The third kappa shape index (κ3) is 8.07. The molecule has 2 rings (SSSR count). The molecule has 7 nitrogen and oxygen atoms in total. The minimum Gasteiger partial charge on any atom is -0.468 e. The smallest absolute Gasteiger partial charge is 0.407 e. The van der Waals surface area contributed by atoms with Gasteiger partial charge in [-0.3, -0.25) is 10.1 Å². The Kier molecular flexibility index (Phi) is 10.9. The van der Waals surface area contributed by atoms with E-state index in [-0.39, 0.29) is 48.4 Å². The molecule has 200 valence electrons. The Bertz CT molecular complexity index is 999. The molecule has 0 aromatic heterocycles. The van der Waals surface area contributed by atoms with Crippen LogP contribution in [0.4, 0.5) is 17.6 Å². The van der Waals surface area contributed by atoms with Crippen molar-refractivity contribution in [3.05, 3.63) is 47.8 Å². The third-order valence-electron chi connectivity index (χ3n) is 5.13. The van der Waals surface area contributed by atoms with Crippen LogP contribution in [0.3, 0.4) is 0 Å². The van der Waals surface area contributed by atoms with Crippen molar-refractivity contribution in [1.82, 2.24) is 5.32 Å². The molecule has 0 fully saturated rings. The van der Waals surface area contributed by atoms with Crippen LogP contribution in [0.15, 0.2) is 36.4 Å². The van der Waals surface area contributed by atoms with Gasteiger partial charge in [0.2, 0.25) is 0 Å². The van der Waals surface area contributed by atoms with E-state index in [0.717, 1.165) is 13.2 Å². The lowest BCUT2D eigenvalue weighted by Crippen LogP contribution is -2.45. The van der Waals surface area contributed by atoms with Gasteiger partial charge in [-0.05, 0) is 42.2 Å². The summed E-state index contributed by atoms with van der Waals surface area (Å²) in [5, 5.41) is 2.38. The van der Waals surface area contributed by atoms with E-state index in [1.807, 2.05) is 0 Å². The van der Waals surface area contributed by atoms with Gasteiger partial charge in [-0.15, -0.1) is 0 Å². The Hall–Kier alpha value is -2.89. The molecular formula is C25H31F4NO6. The number of hydrogen-bond acceptors (Lipinski definition) is 7. The number of benzene rings is 2. The van der Waals surface area contributed by atoms with E-state index < -0.39 is 30.0 Å². The Morgan fingerprint density at radius 1 is 0.944 bits per heavy atom. The van der Waals surface area contributed by atoms with Gasteiger partial charge in [0.1, 0.15) is 29.4 Å². The highest BCUT2D eigenvalue weighted by Gasteiger charge is 2.43. The lowest BCUT2D eigenvalue weighted by atomic mass is 9.97. The van der Waals surface area contributed by atoms with Crippen LogP contribution in [-0.4, -0.2) is 53.1 Å². The summed E-state index contributed by atoms with van der Waals surface area (Å²) in [6.45, 7) is 3.20. The maximum Gasteiger partial charge on any atom is 0.407 e. The number of ether oxygens (including phenoxy) is 5. The van der Waals surface area contributed by atoms with E-state index in [0.29, 0.717) is 5.75 Å². The molecule has 2 aromatic carbocycles. The number of carbonyl (C=O) groups is 1. The number of rotatable bonds is 13. The van der Waals surface area contributed by atoms with Crippen LogP contribution >= 0.6 is 0 Å². The fourth-order valence-corrected chi connectivity index (χ4v) is 3.54. The number of nitrogens with one attached hydrogen (secondary N) is 1. The van der Waals surface area contributed by atoms with Crippen LogP contribution in [-0.2, 0) is 19.0 Å². The molecule has 1 N–H and O–H groups in total. The summed E-state index contributed by atoms with van der Waals surface area (Å²) in [4.78, 5) is 12.2. The largest absolute Gasteiger partial charge is 0.468 e. The quantitative estimate of drug-likeness (QED) is 0.221. The standard InChI is InChI=1S/C25H31F4NO6/c1-15(2)10-21(24(31)34-5)30-23(25(27,28)29)16-6-8-18(22(11-16)36-14-33-4)19-12-17(35-13-32-3)7-9-20(19)26/h6-9,11-12,15,21,23,30H,10,13-14H2,1-5H3. The number of hydrogen-bond donors (Lipinski definition) is 1. The van der Waals surface area contributed by atoms with E-state index in [4.69, 9.17) is 23.7 Å². The highest BCUT2D eigenvalue weighted by molar-refractivity contribution is 5.76. The Labute approximate surface area is 207 Å². The van der Waals surface area contributed by atoms with Crippen LogP contribution in [0.5, 0.6) is 11.5 Å². The fourth-order valence-electron chi connectivity index (χ4n) is 3.54. The lowest BCUT2D eigenvalue weighted by Gasteiger charge is -2.28. The van der Waals surface area contributed by atoms with Crippen molar-refractivity contribution in [3.8, 4) is 22.6 Å². The average Bonchev–Trinajstić information content (AvgIpc) is 2.83. The predicted octanol–water partition coefficient (Wildman–Crippen LogP) is 5.24. The topological polar surface area (TPSA) is 75.3 Å². The maximum absolute atomic E-state index is 14.7. The molecule has 0 saturated heterocycles. The van der Waals surface area contributed by atoms with Gasteiger partial charge in [-0.2, -0.15) is 13.2 Å². The Balaban J connectivity index is 2.55. The first kappa shape index (κ1) is 29.3. The summed E-state index contributed by atoms with van der Waals surface area (Å²) >= 11 is 0. The van der Waals surface area contributed by atoms with Crippen molar-refractivity contribution in [2.75, 3.05) is 34.9 Å². The number of halogens is 4. The zero-order valence-electron chi connectivity index (χ0n) is 20.8. The highest BCUT2D eigenvalue weighted by Crippen LogP contribution is 2.40. The first-order chi connectivity index (χ1) is 17.0. The third-order valence-corrected chi connectivity index (χ3v) is 5.13. The second-order valence-electron chi connectivity index (χ2n) is 8.35. The molecule has 0 spiro atoms. The number of carbonyl (C=O) groups excluding carboxylic acids is 1. The lowest BCUT2D eigenvalue weighted by molar-refractivity contribution is -0.164. The molecule has 36 heavy (non-hydrogen) atoms. The predicted molar refractivity (Wildman–Crippen MR) is 124 cm³/mol. The highest BCUT2D eigenvalue weighted by atomic mass is 19.4. The van der Waals surface area contributed by atoms with Crippen molar-refractivity contribution >= 4 is 5.97 Å². The van der Waals surface area contributed by atoms with Crippen LogP contribution in [0, 0.1) is 11.7 Å². The number of alkyl halides is 3. The average molecular weight is 518 g/mol. The van der Waals surface area contributed by atoms with E-state index >= 15 is 0 Å². The van der Waals surface area contributed by atoms with Crippen molar-refractivity contribution in [2.24, 2.45) is 5.92 Å². The van der Waals surface area contributed by atoms with Crippen LogP contribution in [0.1, 0.15) is 31.9 Å². The molecule has 11 heteroatoms. The molecule has 2 aromatic rings. The van der Waals surface area contributed by atoms with Crippen LogP contribution < -0.4 is 14.8 Å². The first-order valence-electron chi connectivity index (χ1n) is 11.1. The van der Waals surface area contributed by atoms with Crippen LogP contribution in [0.25, 0.3) is 11.1 Å². The molecule has 2 unspecified atom stereocenters. The molecular weight excluding hydrogens is 486 g/mol. The van der Waals surface area contributed by atoms with Gasteiger partial charge >= 0.3 is 12.1 Å². The zero-order valence-corrected chi connectivity index (χ0v) is 20.8. The summed E-state index contributed by atoms with van der Waals surface area (Å²) in [7, 11) is 3.89. The molecule has 0 heterocycles. The van der Waals surface area contributed by atoms with Crippen LogP contribution in [0.2, 0.25) is 0 Å². The minimum absolute atomic E-state index is 0.0463. The minimum atomic E-state index is -4.76. The Morgan fingerprint density at radius 2 is 1.61 bits per heavy atom. The SMILES string of the molecule is COCOc1ccc(F)c(-c2ccc(C(NC(CC(C)C)C(=O)OC)C(F)(F)F)cc2OCOC)c1. The summed E-state index contributed by atoms with van der Waals surface area (Å²) in [6, 6.07) is 4.19. The van der Waals surface area contributed by atoms with E-state index in [1.165, 1.54) is 44.6 Å².